The molecule has 1 unspecified atom stereocenters. The summed E-state index contributed by atoms with van der Waals surface area (Å²) in [6.45, 7) is 3.96. The number of rotatable bonds is 4. The first-order chi connectivity index (χ1) is 9.67. The molecule has 20 heavy (non-hydrogen) atoms. The van der Waals surface area contributed by atoms with Crippen LogP contribution in [0.25, 0.3) is 11.2 Å². The number of nitrogens with zero attached hydrogens (tertiary/aromatic N) is 3. The average molecular weight is 296 g/mol. The number of pyridine rings is 1. The number of halogens is 1. The van der Waals surface area contributed by atoms with Gasteiger partial charge in [-0.25, -0.2) is 9.97 Å². The van der Waals surface area contributed by atoms with E-state index in [9.17, 15) is 0 Å². The zero-order chi connectivity index (χ0) is 14.2. The number of ether oxygens (including phenoxy) is 2. The molecule has 0 aromatic carbocycles. The number of fused-ring (bicyclic) bond motifs is 1. The van der Waals surface area contributed by atoms with Crippen LogP contribution in [0, 0.1) is 6.92 Å². The number of hydrogen-bond acceptors (Lipinski definition) is 4. The molecular formula is C14H18ClN3O2. The Kier molecular flexibility index (Phi) is 3.67. The SMILES string of the molecule is COC1(Cn2c(CCl)nc3ccc(C)nc32)CCOC1. The highest BCUT2D eigenvalue weighted by atomic mass is 35.5. The maximum atomic E-state index is 6.03. The summed E-state index contributed by atoms with van der Waals surface area (Å²) in [5.41, 5.74) is 2.40. The van der Waals surface area contributed by atoms with E-state index in [4.69, 9.17) is 21.1 Å². The molecule has 0 radical (unpaired) electrons. The summed E-state index contributed by atoms with van der Waals surface area (Å²) in [5, 5.41) is 0. The van der Waals surface area contributed by atoms with E-state index < -0.39 is 0 Å². The van der Waals surface area contributed by atoms with Crippen molar-refractivity contribution < 1.29 is 9.47 Å². The minimum Gasteiger partial charge on any atom is -0.378 e. The van der Waals surface area contributed by atoms with Gasteiger partial charge in [-0.1, -0.05) is 0 Å². The van der Waals surface area contributed by atoms with Crippen molar-refractivity contribution >= 4 is 22.8 Å². The van der Waals surface area contributed by atoms with Gasteiger partial charge in [0.05, 0.1) is 19.0 Å². The van der Waals surface area contributed by atoms with Crippen molar-refractivity contribution in [3.05, 3.63) is 23.7 Å². The molecule has 3 heterocycles. The van der Waals surface area contributed by atoms with Crippen molar-refractivity contribution in [3.63, 3.8) is 0 Å². The van der Waals surface area contributed by atoms with Crippen LogP contribution in [0.3, 0.4) is 0 Å². The molecule has 6 heteroatoms. The van der Waals surface area contributed by atoms with Crippen LogP contribution < -0.4 is 0 Å². The van der Waals surface area contributed by atoms with Crippen LogP contribution in [0.2, 0.25) is 0 Å². The Morgan fingerprint density at radius 1 is 1.45 bits per heavy atom. The Bertz CT molecular complexity index is 620. The molecule has 0 saturated carbocycles. The standard InChI is InChI=1S/C14H18ClN3O2/c1-10-3-4-11-13(16-10)18(12(7-15)17-11)8-14(19-2)5-6-20-9-14/h3-4H,5-9H2,1-2H3. The third kappa shape index (κ3) is 2.30. The van der Waals surface area contributed by atoms with Gasteiger partial charge in [-0.05, 0) is 19.1 Å². The smallest absolute Gasteiger partial charge is 0.160 e. The summed E-state index contributed by atoms with van der Waals surface area (Å²) in [6, 6.07) is 3.94. The van der Waals surface area contributed by atoms with Gasteiger partial charge in [0.2, 0.25) is 0 Å². The molecule has 0 amide bonds. The molecule has 5 nitrogen and oxygen atoms in total. The Balaban J connectivity index is 2.06. The monoisotopic (exact) mass is 295 g/mol. The molecular weight excluding hydrogens is 278 g/mol. The molecule has 0 bridgehead atoms. The van der Waals surface area contributed by atoms with Gasteiger partial charge < -0.3 is 14.0 Å². The second-order valence-electron chi connectivity index (χ2n) is 5.23. The molecule has 0 N–H and O–H groups in total. The van der Waals surface area contributed by atoms with Gasteiger partial charge in [0, 0.05) is 25.8 Å². The van der Waals surface area contributed by atoms with E-state index >= 15 is 0 Å². The molecule has 0 aliphatic carbocycles. The molecule has 3 rings (SSSR count). The maximum absolute atomic E-state index is 6.03. The van der Waals surface area contributed by atoms with Crippen molar-refractivity contribution in [2.24, 2.45) is 0 Å². The Morgan fingerprint density at radius 2 is 2.30 bits per heavy atom. The number of aromatic nitrogens is 3. The highest BCUT2D eigenvalue weighted by molar-refractivity contribution is 6.16. The summed E-state index contributed by atoms with van der Waals surface area (Å²) in [7, 11) is 1.73. The van der Waals surface area contributed by atoms with Crippen molar-refractivity contribution in [1.29, 1.82) is 0 Å². The maximum Gasteiger partial charge on any atom is 0.160 e. The van der Waals surface area contributed by atoms with Crippen molar-refractivity contribution in [3.8, 4) is 0 Å². The van der Waals surface area contributed by atoms with E-state index in [-0.39, 0.29) is 5.60 Å². The largest absolute Gasteiger partial charge is 0.378 e. The molecule has 2 aromatic rings. The van der Waals surface area contributed by atoms with Gasteiger partial charge in [0.1, 0.15) is 16.9 Å². The molecule has 108 valence electrons. The van der Waals surface area contributed by atoms with Crippen LogP contribution in [0.4, 0.5) is 0 Å². The minimum atomic E-state index is -0.306. The summed E-state index contributed by atoms with van der Waals surface area (Å²) < 4.78 is 13.3. The van der Waals surface area contributed by atoms with Gasteiger partial charge in [-0.15, -0.1) is 11.6 Å². The minimum absolute atomic E-state index is 0.306. The second-order valence-corrected chi connectivity index (χ2v) is 5.50. The zero-order valence-electron chi connectivity index (χ0n) is 11.7. The van der Waals surface area contributed by atoms with Crippen LogP contribution >= 0.6 is 11.6 Å². The van der Waals surface area contributed by atoms with Gasteiger partial charge in [-0.3, -0.25) is 0 Å². The van der Waals surface area contributed by atoms with Crippen LogP contribution in [-0.2, 0) is 21.9 Å². The van der Waals surface area contributed by atoms with Crippen LogP contribution in [-0.4, -0.2) is 40.5 Å². The molecule has 2 aromatic heterocycles. The number of imidazole rings is 1. The third-order valence-corrected chi connectivity index (χ3v) is 4.12. The summed E-state index contributed by atoms with van der Waals surface area (Å²) >= 11 is 6.03. The van der Waals surface area contributed by atoms with Crippen LogP contribution in [0.1, 0.15) is 17.9 Å². The van der Waals surface area contributed by atoms with Gasteiger partial charge in [-0.2, -0.15) is 0 Å². The Morgan fingerprint density at radius 3 is 2.95 bits per heavy atom. The first-order valence-electron chi connectivity index (χ1n) is 6.69. The van der Waals surface area contributed by atoms with Crippen molar-refractivity contribution in [2.75, 3.05) is 20.3 Å². The van der Waals surface area contributed by atoms with E-state index in [1.54, 1.807) is 7.11 Å². The number of hydrogen-bond donors (Lipinski definition) is 0. The van der Waals surface area contributed by atoms with E-state index in [1.807, 2.05) is 19.1 Å². The number of aryl methyl sites for hydroxylation is 1. The molecule has 1 saturated heterocycles. The topological polar surface area (TPSA) is 49.2 Å². The van der Waals surface area contributed by atoms with Gasteiger partial charge in [0.25, 0.3) is 0 Å². The lowest BCUT2D eigenvalue weighted by molar-refractivity contribution is -0.0292. The lowest BCUT2D eigenvalue weighted by Gasteiger charge is -2.27. The van der Waals surface area contributed by atoms with E-state index in [0.29, 0.717) is 19.0 Å². The summed E-state index contributed by atoms with van der Waals surface area (Å²) in [4.78, 5) is 9.15. The number of alkyl halides is 1. The molecule has 1 atom stereocenters. The first-order valence-corrected chi connectivity index (χ1v) is 7.22. The molecule has 0 spiro atoms. The fourth-order valence-electron chi connectivity index (χ4n) is 2.64. The van der Waals surface area contributed by atoms with E-state index in [1.165, 1.54) is 0 Å². The summed E-state index contributed by atoms with van der Waals surface area (Å²) in [5.74, 6) is 1.18. The van der Waals surface area contributed by atoms with Crippen molar-refractivity contribution in [2.45, 2.75) is 31.4 Å². The van der Waals surface area contributed by atoms with Crippen LogP contribution in [0.15, 0.2) is 12.1 Å². The highest BCUT2D eigenvalue weighted by Gasteiger charge is 2.36. The zero-order valence-corrected chi connectivity index (χ0v) is 12.5. The van der Waals surface area contributed by atoms with Gasteiger partial charge >= 0.3 is 0 Å². The Hall–Kier alpha value is -1.17. The van der Waals surface area contributed by atoms with E-state index in [2.05, 4.69) is 14.5 Å². The first kappa shape index (κ1) is 13.8. The predicted octanol–water partition coefficient (Wildman–Crippen LogP) is 2.28. The lowest BCUT2D eigenvalue weighted by Crippen LogP contribution is -2.37. The van der Waals surface area contributed by atoms with E-state index in [0.717, 1.165) is 35.7 Å². The third-order valence-electron chi connectivity index (χ3n) is 3.88. The Labute approximate surface area is 122 Å². The van der Waals surface area contributed by atoms with Crippen molar-refractivity contribution in [1.82, 2.24) is 14.5 Å². The summed E-state index contributed by atoms with van der Waals surface area (Å²) in [6.07, 6.45) is 0.872. The highest BCUT2D eigenvalue weighted by Crippen LogP contribution is 2.27. The molecule has 1 fully saturated rings. The molecule has 1 aliphatic heterocycles. The fraction of sp³-hybridized carbons (Fsp3) is 0.571. The molecule has 1 aliphatic rings. The van der Waals surface area contributed by atoms with Crippen LogP contribution in [0.5, 0.6) is 0 Å². The number of methoxy groups -OCH3 is 1. The lowest BCUT2D eigenvalue weighted by atomic mass is 10.0. The normalized spacial score (nSPS) is 22.8. The predicted molar refractivity (Wildman–Crippen MR) is 77.0 cm³/mol. The quantitative estimate of drug-likeness (QED) is 0.812. The van der Waals surface area contributed by atoms with Gasteiger partial charge in [0.15, 0.2) is 5.65 Å². The average Bonchev–Trinajstić information content (AvgIpc) is 3.05. The second kappa shape index (κ2) is 5.31. The fourth-order valence-corrected chi connectivity index (χ4v) is 2.84.